The van der Waals surface area contributed by atoms with Gasteiger partial charge in [-0.15, -0.1) is 0 Å². The summed E-state index contributed by atoms with van der Waals surface area (Å²) in [5.74, 6) is 2.56. The van der Waals surface area contributed by atoms with Crippen molar-refractivity contribution >= 4 is 28.9 Å². The van der Waals surface area contributed by atoms with Crippen LogP contribution in [0.1, 0.15) is 34.3 Å². The maximum absolute atomic E-state index is 12.6. The Morgan fingerprint density at radius 3 is 2.88 bits per heavy atom. The number of rotatable bonds is 1. The van der Waals surface area contributed by atoms with Crippen molar-refractivity contribution in [3.8, 4) is 5.88 Å². The number of carbonyl (C=O) groups excluding carboxylic acids is 1. The van der Waals surface area contributed by atoms with Gasteiger partial charge in [0.2, 0.25) is 5.88 Å². The minimum absolute atomic E-state index is 0.00196. The first-order chi connectivity index (χ1) is 12.6. The molecule has 0 fully saturated rings. The lowest BCUT2D eigenvalue weighted by Crippen LogP contribution is -2.06. The van der Waals surface area contributed by atoms with Gasteiger partial charge in [-0.3, -0.25) is 4.79 Å². The Balaban J connectivity index is 1.91. The van der Waals surface area contributed by atoms with Crippen LogP contribution in [0.2, 0.25) is 0 Å². The molecule has 8 heteroatoms. The Morgan fingerprint density at radius 1 is 1.23 bits per heavy atom. The summed E-state index contributed by atoms with van der Waals surface area (Å²) < 4.78 is 7.43. The van der Waals surface area contributed by atoms with Crippen molar-refractivity contribution in [1.29, 1.82) is 0 Å². The number of ketones is 1. The average Bonchev–Trinajstić information content (AvgIpc) is 3.04. The first kappa shape index (κ1) is 16.3. The fraction of sp³-hybridized carbons (Fsp3) is 0.333. The Bertz CT molecular complexity index is 1010. The Hall–Kier alpha value is -3.16. The number of nitrogens with one attached hydrogen (secondary N) is 2. The molecule has 1 aliphatic rings. The second kappa shape index (κ2) is 6.29. The molecule has 8 nitrogen and oxygen atoms in total. The number of aryl methyl sites for hydroxylation is 2. The van der Waals surface area contributed by atoms with Crippen LogP contribution in [0.3, 0.4) is 0 Å². The van der Waals surface area contributed by atoms with E-state index in [0.29, 0.717) is 48.2 Å². The summed E-state index contributed by atoms with van der Waals surface area (Å²) in [6, 6.07) is 3.85. The molecule has 26 heavy (non-hydrogen) atoms. The van der Waals surface area contributed by atoms with E-state index in [9.17, 15) is 4.79 Å². The lowest BCUT2D eigenvalue weighted by molar-refractivity contribution is 0.0974. The summed E-state index contributed by atoms with van der Waals surface area (Å²) in [6.45, 7) is 4.37. The highest BCUT2D eigenvalue weighted by atomic mass is 16.5. The SMILES string of the molecule is CNc1cc2nc3c(cnn13)C(=O)CCCOc1nc(c(C)cc1C)N2. The number of aromatic nitrogens is 4. The van der Waals surface area contributed by atoms with Gasteiger partial charge in [-0.05, 0) is 31.9 Å². The van der Waals surface area contributed by atoms with Gasteiger partial charge in [0, 0.05) is 25.1 Å². The molecule has 0 saturated heterocycles. The summed E-state index contributed by atoms with van der Waals surface area (Å²) in [7, 11) is 1.80. The minimum atomic E-state index is 0.00196. The van der Waals surface area contributed by atoms with Gasteiger partial charge in [0.1, 0.15) is 17.5 Å². The minimum Gasteiger partial charge on any atom is -0.477 e. The predicted octanol–water partition coefficient (Wildman–Crippen LogP) is 2.88. The van der Waals surface area contributed by atoms with Crippen molar-refractivity contribution in [2.75, 3.05) is 24.3 Å². The molecule has 4 heterocycles. The third kappa shape index (κ3) is 2.73. The molecule has 0 spiro atoms. The molecule has 4 rings (SSSR count). The van der Waals surface area contributed by atoms with E-state index in [2.05, 4.69) is 25.7 Å². The number of hydrogen-bond donors (Lipinski definition) is 2. The second-order valence-electron chi connectivity index (χ2n) is 6.35. The van der Waals surface area contributed by atoms with Crippen molar-refractivity contribution in [2.24, 2.45) is 0 Å². The van der Waals surface area contributed by atoms with Crippen LogP contribution in [-0.2, 0) is 0 Å². The quantitative estimate of drug-likeness (QED) is 0.695. The first-order valence-corrected chi connectivity index (χ1v) is 8.54. The first-order valence-electron chi connectivity index (χ1n) is 8.54. The summed E-state index contributed by atoms with van der Waals surface area (Å²) >= 11 is 0. The van der Waals surface area contributed by atoms with Gasteiger partial charge in [0.15, 0.2) is 11.4 Å². The van der Waals surface area contributed by atoms with Gasteiger partial charge in [-0.1, -0.05) is 0 Å². The maximum atomic E-state index is 12.6. The number of fused-ring (bicyclic) bond motifs is 3. The van der Waals surface area contributed by atoms with E-state index in [1.165, 1.54) is 0 Å². The molecule has 1 aliphatic heterocycles. The number of anilines is 3. The van der Waals surface area contributed by atoms with E-state index in [1.807, 2.05) is 26.0 Å². The third-order valence-corrected chi connectivity index (χ3v) is 4.42. The molecule has 3 aromatic rings. The molecule has 0 radical (unpaired) electrons. The zero-order valence-corrected chi connectivity index (χ0v) is 15.0. The molecule has 134 valence electrons. The smallest absolute Gasteiger partial charge is 0.218 e. The van der Waals surface area contributed by atoms with Crippen LogP contribution in [0.4, 0.5) is 17.5 Å². The van der Waals surface area contributed by atoms with Crippen molar-refractivity contribution in [1.82, 2.24) is 19.6 Å². The molecule has 0 amide bonds. The van der Waals surface area contributed by atoms with E-state index in [4.69, 9.17) is 4.74 Å². The highest BCUT2D eigenvalue weighted by Gasteiger charge is 2.18. The largest absolute Gasteiger partial charge is 0.477 e. The van der Waals surface area contributed by atoms with Gasteiger partial charge in [-0.25, -0.2) is 4.98 Å². The molecule has 0 unspecified atom stereocenters. The molecule has 0 atom stereocenters. The Morgan fingerprint density at radius 2 is 2.08 bits per heavy atom. The van der Waals surface area contributed by atoms with Crippen LogP contribution in [0.15, 0.2) is 18.3 Å². The summed E-state index contributed by atoms with van der Waals surface area (Å²) in [5.41, 5.74) is 2.99. The lowest BCUT2D eigenvalue weighted by Gasteiger charge is -2.14. The van der Waals surface area contributed by atoms with Crippen molar-refractivity contribution in [3.05, 3.63) is 35.0 Å². The zero-order chi connectivity index (χ0) is 18.3. The van der Waals surface area contributed by atoms with E-state index < -0.39 is 0 Å². The third-order valence-electron chi connectivity index (χ3n) is 4.42. The van der Waals surface area contributed by atoms with Gasteiger partial charge in [-0.2, -0.15) is 14.6 Å². The maximum Gasteiger partial charge on any atom is 0.218 e. The predicted molar refractivity (Wildman–Crippen MR) is 98.6 cm³/mol. The molecule has 2 N–H and O–H groups in total. The summed E-state index contributed by atoms with van der Waals surface area (Å²) in [5, 5.41) is 10.6. The molecule has 3 aromatic heterocycles. The number of Topliss-reactive ketones (excluding diaryl/α,β-unsaturated/α-hetero) is 1. The number of hydrogen-bond acceptors (Lipinski definition) is 7. The number of pyridine rings is 1. The van der Waals surface area contributed by atoms with E-state index in [0.717, 1.165) is 16.9 Å². The lowest BCUT2D eigenvalue weighted by atomic mass is 10.1. The van der Waals surface area contributed by atoms with Gasteiger partial charge in [0.05, 0.1) is 18.4 Å². The monoisotopic (exact) mass is 352 g/mol. The van der Waals surface area contributed by atoms with E-state index in [1.54, 1.807) is 17.8 Å². The van der Waals surface area contributed by atoms with Crippen LogP contribution in [0.25, 0.3) is 5.65 Å². The molecular weight excluding hydrogens is 332 g/mol. The highest BCUT2D eigenvalue weighted by Crippen LogP contribution is 2.27. The van der Waals surface area contributed by atoms with Crippen molar-refractivity contribution in [3.63, 3.8) is 0 Å². The van der Waals surface area contributed by atoms with Gasteiger partial charge in [0.25, 0.3) is 0 Å². The van der Waals surface area contributed by atoms with Gasteiger partial charge >= 0.3 is 0 Å². The fourth-order valence-corrected chi connectivity index (χ4v) is 3.06. The Kier molecular flexibility index (Phi) is 3.95. The fourth-order valence-electron chi connectivity index (χ4n) is 3.06. The molecule has 0 saturated carbocycles. The van der Waals surface area contributed by atoms with Crippen LogP contribution in [0.5, 0.6) is 5.88 Å². The standard InChI is InChI=1S/C18H20N6O2/c1-10-7-11(2)18-23-16(10)21-14-8-15(19-3)24-17(22-14)12(9-20-24)13(25)5-4-6-26-18/h7-9,19H,4-6H2,1-3H3,(H,21,22,23). The van der Waals surface area contributed by atoms with Crippen LogP contribution < -0.4 is 15.4 Å². The van der Waals surface area contributed by atoms with Crippen LogP contribution in [0, 0.1) is 13.8 Å². The molecule has 0 aliphatic carbocycles. The average molecular weight is 352 g/mol. The van der Waals surface area contributed by atoms with Crippen molar-refractivity contribution < 1.29 is 9.53 Å². The second-order valence-corrected chi connectivity index (χ2v) is 6.35. The summed E-state index contributed by atoms with van der Waals surface area (Å²) in [4.78, 5) is 21.8. The highest BCUT2D eigenvalue weighted by molar-refractivity contribution is 6.01. The topological polar surface area (TPSA) is 93.4 Å². The van der Waals surface area contributed by atoms with Crippen molar-refractivity contribution in [2.45, 2.75) is 26.7 Å². The summed E-state index contributed by atoms with van der Waals surface area (Å²) in [6.07, 6.45) is 2.54. The molecule has 0 aromatic carbocycles. The number of ether oxygens (including phenoxy) is 1. The van der Waals surface area contributed by atoms with Crippen LogP contribution in [-0.4, -0.2) is 39.0 Å². The van der Waals surface area contributed by atoms with E-state index >= 15 is 0 Å². The van der Waals surface area contributed by atoms with Gasteiger partial charge < -0.3 is 15.4 Å². The molecular formula is C18H20N6O2. The normalized spacial score (nSPS) is 14.2. The van der Waals surface area contributed by atoms with Crippen LogP contribution >= 0.6 is 0 Å². The molecule has 4 bridgehead atoms. The van der Waals surface area contributed by atoms with E-state index in [-0.39, 0.29) is 5.78 Å². The zero-order valence-electron chi connectivity index (χ0n) is 15.0. The Labute approximate surface area is 150 Å². The number of nitrogens with zero attached hydrogens (tertiary/aromatic N) is 4. The number of carbonyl (C=O) groups is 1.